The van der Waals surface area contributed by atoms with Gasteiger partial charge in [-0.2, -0.15) is 0 Å². The molecule has 0 nitrogen and oxygen atoms in total. The standard InChI is InChI=1S/29La. The van der Waals surface area contributed by atoms with Gasteiger partial charge in [-0.1, -0.05) is 0 Å². The van der Waals surface area contributed by atoms with Crippen LogP contribution in [0.1, 0.15) is 0 Å². The van der Waals surface area contributed by atoms with E-state index in [2.05, 4.69) is 0 Å². The van der Waals surface area contributed by atoms with Gasteiger partial charge in [-0.05, 0) is 0 Å². The number of hydrogen-bond acceptors (Lipinski definition) is 0. The molecule has 0 saturated carbocycles. The molecule has 0 fully saturated rings. The fraction of sp³-hybridized carbons (Fsp3) is 0. The zero-order valence-corrected chi connectivity index (χ0v) is 122. The Labute approximate surface area is 990 Å². The molecule has 0 aliphatic carbocycles. The Balaban J connectivity index is 0. The van der Waals surface area contributed by atoms with Gasteiger partial charge in [-0.25, -0.2) is 0 Å². The summed E-state index contributed by atoms with van der Waals surface area (Å²) in [6.07, 6.45) is 0. The summed E-state index contributed by atoms with van der Waals surface area (Å²) >= 11 is 0. The molecule has 0 atom stereocenters. The molecule has 0 aromatic heterocycles. The molecule has 0 saturated heterocycles. The minimum absolute atomic E-state index is 0. The van der Waals surface area contributed by atoms with Crippen molar-refractivity contribution >= 4 is 0 Å². The summed E-state index contributed by atoms with van der Waals surface area (Å²) in [5, 5.41) is 0. The Bertz CT molecular complexity index is 0. The summed E-state index contributed by atoms with van der Waals surface area (Å²) in [7, 11) is 0. The Hall–Kier alpha value is 34.6. The van der Waals surface area contributed by atoms with E-state index in [4.69, 9.17) is 0 Å². The van der Waals surface area contributed by atoms with Crippen LogP contribution in [0.4, 0.5) is 0 Å². The molecule has 29 heteroatoms. The van der Waals surface area contributed by atoms with Crippen LogP contribution in [0.25, 0.3) is 0 Å². The molecule has 0 aromatic carbocycles. The smallest absolute Gasteiger partial charge is 0 e. The van der Waals surface area contributed by atoms with E-state index >= 15 is 0 Å². The SMILES string of the molecule is [La].[La].[La].[La].[La].[La].[La].[La].[La].[La].[La].[La].[La].[La].[La].[La].[La].[La].[La].[La].[La].[La].[La].[La].[La].[La].[La].[La].[La]. The van der Waals surface area contributed by atoms with Crippen LogP contribution in [0, 0.1) is 1030 Å². The van der Waals surface area contributed by atoms with Crippen LogP contribution in [-0.4, -0.2) is 0 Å². The first kappa shape index (κ1) is 208. The first-order chi connectivity index (χ1) is 0. The van der Waals surface area contributed by atoms with Crippen molar-refractivity contribution in [1.82, 2.24) is 0 Å². The third kappa shape index (κ3) is 192. The summed E-state index contributed by atoms with van der Waals surface area (Å²) in [5.74, 6) is 0. The molecule has 0 aromatic rings. The van der Waals surface area contributed by atoms with Crippen molar-refractivity contribution in [3.63, 3.8) is 0 Å². The minimum Gasteiger partial charge on any atom is 0 e. The van der Waals surface area contributed by atoms with Crippen molar-refractivity contribution in [2.24, 2.45) is 0 Å². The van der Waals surface area contributed by atoms with Gasteiger partial charge in [0.2, 0.25) is 0 Å². The molecule has 0 bridgehead atoms. The van der Waals surface area contributed by atoms with Crippen LogP contribution in [-0.2, 0) is 0 Å². The first-order valence-electron chi connectivity index (χ1n) is 0. The molecule has 0 spiro atoms. The van der Waals surface area contributed by atoms with Gasteiger partial charge in [0.15, 0.2) is 0 Å². The van der Waals surface area contributed by atoms with Crippen LogP contribution in [0.3, 0.4) is 0 Å². The second-order valence-electron chi connectivity index (χ2n) is 0. The number of rotatable bonds is 0. The maximum atomic E-state index is 0. The second kappa shape index (κ2) is 198. The summed E-state index contributed by atoms with van der Waals surface area (Å²) in [5.41, 5.74) is 0. The zero-order valence-electron chi connectivity index (χ0n) is 16.7. The van der Waals surface area contributed by atoms with Gasteiger partial charge in [0.25, 0.3) is 0 Å². The summed E-state index contributed by atoms with van der Waals surface area (Å²) in [6, 6.07) is 0. The summed E-state index contributed by atoms with van der Waals surface area (Å²) in [6.45, 7) is 0. The Kier molecular flexibility index (Phi) is 1420. The van der Waals surface area contributed by atoms with Gasteiger partial charge >= 0.3 is 0 Å². The summed E-state index contributed by atoms with van der Waals surface area (Å²) < 4.78 is 0. The molecule has 29 heavy (non-hydrogen) atoms. The normalized spacial score (nSPS) is 0. The third-order valence-corrected chi connectivity index (χ3v) is 0. The first-order valence-corrected chi connectivity index (χ1v) is 0. The molecule has 0 N–H and O–H groups in total. The van der Waals surface area contributed by atoms with Crippen molar-refractivity contribution in [1.29, 1.82) is 0 Å². The van der Waals surface area contributed by atoms with Gasteiger partial charge in [-0.15, -0.1) is 0 Å². The maximum Gasteiger partial charge on any atom is 0 e. The van der Waals surface area contributed by atoms with Crippen LogP contribution in [0.5, 0.6) is 0 Å². The molecule has 0 heterocycles. The van der Waals surface area contributed by atoms with Gasteiger partial charge in [0, 0.05) is 1030 Å². The van der Waals surface area contributed by atoms with Gasteiger partial charge < -0.3 is 0 Å². The molecule has 0 aliphatic rings. The van der Waals surface area contributed by atoms with E-state index in [1.54, 1.807) is 0 Å². The molecular formula is La29. The van der Waals surface area contributed by atoms with E-state index in [-0.39, 0.29) is 1030 Å². The van der Waals surface area contributed by atoms with Crippen LogP contribution < -0.4 is 0 Å². The van der Waals surface area contributed by atoms with Gasteiger partial charge in [0.05, 0.1) is 0 Å². The quantitative estimate of drug-likeness (QED) is 0.321. The van der Waals surface area contributed by atoms with Crippen molar-refractivity contribution in [2.45, 2.75) is 0 Å². The zero-order chi connectivity index (χ0) is 0. The predicted molar refractivity (Wildman–Crippen MR) is 0 cm³/mol. The second-order valence-corrected chi connectivity index (χ2v) is 0. The largest absolute Gasteiger partial charge is 0 e. The van der Waals surface area contributed by atoms with Crippen molar-refractivity contribution < 1.29 is 1030 Å². The number of hydrogen-bond donors (Lipinski definition) is 0. The Morgan fingerprint density at radius 1 is 0.0345 bits per heavy atom. The van der Waals surface area contributed by atoms with Crippen LogP contribution in [0.15, 0.2) is 0 Å². The third-order valence-electron chi connectivity index (χ3n) is 0. The average Bonchev–Trinajstić information content (AvgIpc) is 0. The molecule has 87 valence electrons. The van der Waals surface area contributed by atoms with E-state index in [0.29, 0.717) is 0 Å². The van der Waals surface area contributed by atoms with E-state index in [1.807, 2.05) is 0 Å². The molecule has 0 rings (SSSR count). The molecule has 0 aliphatic heterocycles. The molecule has 0 amide bonds. The van der Waals surface area contributed by atoms with Crippen molar-refractivity contribution in [2.75, 3.05) is 0 Å². The average molecular weight is 4030 g/mol. The summed E-state index contributed by atoms with van der Waals surface area (Å²) in [4.78, 5) is 0. The fourth-order valence-corrected chi connectivity index (χ4v) is 0. The van der Waals surface area contributed by atoms with E-state index in [9.17, 15) is 0 Å². The van der Waals surface area contributed by atoms with Gasteiger partial charge in [-0.3, -0.25) is 0 Å². The Morgan fingerprint density at radius 2 is 0.0345 bits per heavy atom. The monoisotopic (exact) mass is 4030 g/mol. The van der Waals surface area contributed by atoms with Crippen molar-refractivity contribution in [3.8, 4) is 0 Å². The van der Waals surface area contributed by atoms with Crippen LogP contribution >= 0.6 is 0 Å². The Morgan fingerprint density at radius 3 is 0.0345 bits per heavy atom. The van der Waals surface area contributed by atoms with Crippen LogP contribution in [0.2, 0.25) is 0 Å². The van der Waals surface area contributed by atoms with E-state index < -0.39 is 0 Å². The fourth-order valence-electron chi connectivity index (χ4n) is 0. The van der Waals surface area contributed by atoms with E-state index in [1.165, 1.54) is 0 Å². The molecular weight excluding hydrogens is 4030 g/mol. The van der Waals surface area contributed by atoms with E-state index in [0.717, 1.165) is 0 Å². The van der Waals surface area contributed by atoms with Gasteiger partial charge in [0.1, 0.15) is 0 Å². The topological polar surface area (TPSA) is 0 Å². The maximum absolute atomic E-state index is 0. The predicted octanol–water partition coefficient (Wildman–Crippen LogP) is 0. The van der Waals surface area contributed by atoms with Crippen molar-refractivity contribution in [3.05, 3.63) is 0 Å². The molecule has 29 radical (unpaired) electrons. The molecule has 0 unspecified atom stereocenters. The minimum atomic E-state index is 0.